The Morgan fingerprint density at radius 1 is 1.14 bits per heavy atom. The number of carboxylic acid groups (broad SMARTS) is 1. The predicted octanol–water partition coefficient (Wildman–Crippen LogP) is 4.00. The molecule has 2 aromatic rings. The minimum atomic E-state index is -1.14. The van der Waals surface area contributed by atoms with Gasteiger partial charge in [-0.25, -0.2) is 4.79 Å². The first-order valence-electron chi connectivity index (χ1n) is 9.81. The number of ketones is 1. The van der Waals surface area contributed by atoms with Crippen molar-refractivity contribution in [3.05, 3.63) is 53.6 Å². The van der Waals surface area contributed by atoms with Crippen LogP contribution in [0.1, 0.15) is 36.8 Å². The maximum atomic E-state index is 11.9. The molecule has 1 aliphatic carbocycles. The van der Waals surface area contributed by atoms with E-state index in [-0.39, 0.29) is 31.5 Å². The third-order valence-corrected chi connectivity index (χ3v) is 5.35. The first-order chi connectivity index (χ1) is 13.9. The van der Waals surface area contributed by atoms with Gasteiger partial charge in [-0.2, -0.15) is 0 Å². The first-order valence-corrected chi connectivity index (χ1v) is 9.81. The van der Waals surface area contributed by atoms with Gasteiger partial charge in [0.15, 0.2) is 11.5 Å². The largest absolute Gasteiger partial charge is 0.493 e. The second-order valence-electron chi connectivity index (χ2n) is 7.50. The molecule has 0 aromatic heterocycles. The van der Waals surface area contributed by atoms with E-state index in [2.05, 4.69) is 30.4 Å². The quantitative estimate of drug-likeness (QED) is 0.700. The van der Waals surface area contributed by atoms with E-state index >= 15 is 0 Å². The number of Topliss-reactive ketones (excluding diaryl/α,β-unsaturated/α-hetero) is 1. The summed E-state index contributed by atoms with van der Waals surface area (Å²) in [4.78, 5) is 23.5. The predicted molar refractivity (Wildman–Crippen MR) is 111 cm³/mol. The number of methoxy groups -OCH3 is 1. The van der Waals surface area contributed by atoms with Gasteiger partial charge in [-0.3, -0.25) is 4.79 Å². The lowest BCUT2D eigenvalue weighted by Gasteiger charge is -2.34. The van der Waals surface area contributed by atoms with E-state index < -0.39 is 11.5 Å². The number of carboxylic acids is 1. The van der Waals surface area contributed by atoms with Crippen LogP contribution in [-0.4, -0.2) is 36.1 Å². The van der Waals surface area contributed by atoms with Gasteiger partial charge in [0.1, 0.15) is 11.3 Å². The maximum Gasteiger partial charge on any atom is 0.329 e. The van der Waals surface area contributed by atoms with E-state index in [0.29, 0.717) is 23.8 Å². The topological polar surface area (TPSA) is 84.9 Å². The third-order valence-electron chi connectivity index (χ3n) is 5.35. The van der Waals surface area contributed by atoms with Crippen LogP contribution in [0.25, 0.3) is 0 Å². The number of benzene rings is 2. The molecule has 6 heteroatoms. The fourth-order valence-corrected chi connectivity index (χ4v) is 3.64. The minimum Gasteiger partial charge on any atom is -0.493 e. The van der Waals surface area contributed by atoms with Crippen LogP contribution in [0.2, 0.25) is 0 Å². The number of carbonyl (C=O) groups excluding carboxylic acids is 1. The number of anilines is 1. The van der Waals surface area contributed by atoms with Crippen LogP contribution in [-0.2, 0) is 16.0 Å². The van der Waals surface area contributed by atoms with Crippen molar-refractivity contribution in [2.75, 3.05) is 19.0 Å². The zero-order chi connectivity index (χ0) is 20.9. The van der Waals surface area contributed by atoms with Gasteiger partial charge < -0.3 is 19.9 Å². The SMILES string of the molecule is COc1ccc(NC2(C(=O)O)CCC(=O)CC2)cc1OCCc1cccc(C)c1. The summed E-state index contributed by atoms with van der Waals surface area (Å²) in [6, 6.07) is 13.6. The van der Waals surface area contributed by atoms with Crippen molar-refractivity contribution in [1.29, 1.82) is 0 Å². The number of aliphatic carboxylic acids is 1. The highest BCUT2D eigenvalue weighted by atomic mass is 16.5. The molecule has 29 heavy (non-hydrogen) atoms. The van der Waals surface area contributed by atoms with Crippen LogP contribution >= 0.6 is 0 Å². The van der Waals surface area contributed by atoms with Gasteiger partial charge in [-0.15, -0.1) is 0 Å². The van der Waals surface area contributed by atoms with E-state index in [1.54, 1.807) is 25.3 Å². The molecule has 0 spiro atoms. The van der Waals surface area contributed by atoms with Crippen molar-refractivity contribution in [1.82, 2.24) is 0 Å². The number of hydrogen-bond donors (Lipinski definition) is 2. The summed E-state index contributed by atoms with van der Waals surface area (Å²) in [5.74, 6) is 0.307. The highest BCUT2D eigenvalue weighted by Gasteiger charge is 2.41. The van der Waals surface area contributed by atoms with Crippen LogP contribution in [0.4, 0.5) is 5.69 Å². The second kappa shape index (κ2) is 8.99. The van der Waals surface area contributed by atoms with Gasteiger partial charge in [-0.1, -0.05) is 29.8 Å². The molecule has 0 amide bonds. The first kappa shape index (κ1) is 20.7. The van der Waals surface area contributed by atoms with Gasteiger partial charge in [-0.05, 0) is 37.5 Å². The maximum absolute atomic E-state index is 11.9. The molecule has 2 N–H and O–H groups in total. The van der Waals surface area contributed by atoms with E-state index in [1.807, 2.05) is 6.07 Å². The number of carbonyl (C=O) groups is 2. The molecule has 0 saturated heterocycles. The van der Waals surface area contributed by atoms with Crippen molar-refractivity contribution in [3.63, 3.8) is 0 Å². The number of rotatable bonds is 8. The minimum absolute atomic E-state index is 0.110. The normalized spacial score (nSPS) is 15.6. The lowest BCUT2D eigenvalue weighted by atomic mass is 9.81. The van der Waals surface area contributed by atoms with Gasteiger partial charge in [0.2, 0.25) is 0 Å². The molecule has 0 heterocycles. The van der Waals surface area contributed by atoms with Crippen molar-refractivity contribution in [2.24, 2.45) is 0 Å². The molecule has 2 aromatic carbocycles. The Morgan fingerprint density at radius 2 is 1.90 bits per heavy atom. The fraction of sp³-hybridized carbons (Fsp3) is 0.391. The van der Waals surface area contributed by atoms with Gasteiger partial charge >= 0.3 is 5.97 Å². The van der Waals surface area contributed by atoms with Gasteiger partial charge in [0, 0.05) is 31.0 Å². The molecule has 0 radical (unpaired) electrons. The summed E-state index contributed by atoms with van der Waals surface area (Å²) >= 11 is 0. The Labute approximate surface area is 170 Å². The Kier molecular flexibility index (Phi) is 6.42. The Hall–Kier alpha value is -3.02. The molecule has 0 aliphatic heterocycles. The molecule has 0 atom stereocenters. The number of aryl methyl sites for hydroxylation is 1. The van der Waals surface area contributed by atoms with Crippen LogP contribution in [0, 0.1) is 6.92 Å². The fourth-order valence-electron chi connectivity index (χ4n) is 3.64. The number of nitrogens with one attached hydrogen (secondary N) is 1. The molecular formula is C23H27NO5. The van der Waals surface area contributed by atoms with E-state index in [0.717, 1.165) is 6.42 Å². The standard InChI is InChI=1S/C23H27NO5/c1-16-4-3-5-17(14-16)10-13-29-21-15-18(6-7-20(21)28-2)24-23(22(26)27)11-8-19(25)9-12-23/h3-7,14-15,24H,8-13H2,1-2H3,(H,26,27). The molecule has 1 saturated carbocycles. The molecule has 154 valence electrons. The Balaban J connectivity index is 1.72. The molecule has 0 bridgehead atoms. The number of ether oxygens (including phenoxy) is 2. The third kappa shape index (κ3) is 5.08. The highest BCUT2D eigenvalue weighted by Crippen LogP contribution is 2.35. The smallest absolute Gasteiger partial charge is 0.329 e. The van der Waals surface area contributed by atoms with Crippen molar-refractivity contribution < 1.29 is 24.2 Å². The molecule has 1 fully saturated rings. The summed E-state index contributed by atoms with van der Waals surface area (Å²) in [5.41, 5.74) is 1.89. The van der Waals surface area contributed by atoms with Crippen molar-refractivity contribution >= 4 is 17.4 Å². The van der Waals surface area contributed by atoms with Crippen LogP contribution in [0.5, 0.6) is 11.5 Å². The molecule has 1 aliphatic rings. The molecular weight excluding hydrogens is 370 g/mol. The van der Waals surface area contributed by atoms with E-state index in [9.17, 15) is 14.7 Å². The summed E-state index contributed by atoms with van der Waals surface area (Å²) in [6.07, 6.45) is 1.85. The van der Waals surface area contributed by atoms with Crippen LogP contribution < -0.4 is 14.8 Å². The Morgan fingerprint density at radius 3 is 2.55 bits per heavy atom. The van der Waals surface area contributed by atoms with E-state index in [1.165, 1.54) is 11.1 Å². The molecule has 3 rings (SSSR count). The summed E-state index contributed by atoms with van der Waals surface area (Å²) in [5, 5.41) is 12.9. The summed E-state index contributed by atoms with van der Waals surface area (Å²) in [6.45, 7) is 2.53. The zero-order valence-electron chi connectivity index (χ0n) is 16.9. The van der Waals surface area contributed by atoms with Crippen molar-refractivity contribution in [3.8, 4) is 11.5 Å². The Bertz CT molecular complexity index is 883. The number of hydrogen-bond acceptors (Lipinski definition) is 5. The summed E-state index contributed by atoms with van der Waals surface area (Å²) < 4.78 is 11.3. The highest BCUT2D eigenvalue weighted by molar-refractivity contribution is 5.88. The lowest BCUT2D eigenvalue weighted by molar-refractivity contribution is -0.144. The van der Waals surface area contributed by atoms with E-state index in [4.69, 9.17) is 9.47 Å². The second-order valence-corrected chi connectivity index (χ2v) is 7.50. The molecule has 0 unspecified atom stereocenters. The van der Waals surface area contributed by atoms with Crippen LogP contribution in [0.3, 0.4) is 0 Å². The van der Waals surface area contributed by atoms with Crippen molar-refractivity contribution in [2.45, 2.75) is 44.6 Å². The van der Waals surface area contributed by atoms with Gasteiger partial charge in [0.05, 0.1) is 13.7 Å². The monoisotopic (exact) mass is 397 g/mol. The molecule has 6 nitrogen and oxygen atoms in total. The summed E-state index contributed by atoms with van der Waals surface area (Å²) in [7, 11) is 1.57. The lowest BCUT2D eigenvalue weighted by Crippen LogP contribution is -2.49. The average molecular weight is 397 g/mol. The average Bonchev–Trinajstić information content (AvgIpc) is 2.70. The zero-order valence-corrected chi connectivity index (χ0v) is 16.9. The van der Waals surface area contributed by atoms with Crippen LogP contribution in [0.15, 0.2) is 42.5 Å². The van der Waals surface area contributed by atoms with Gasteiger partial charge in [0.25, 0.3) is 0 Å².